The number of nitriles is 1. The highest BCUT2D eigenvalue weighted by atomic mass is 35.5. The Balaban J connectivity index is 2.44. The summed E-state index contributed by atoms with van der Waals surface area (Å²) in [4.78, 5) is 28.1. The zero-order valence-corrected chi connectivity index (χ0v) is 15.1. The molecule has 0 saturated heterocycles. The minimum atomic E-state index is -0.548. The van der Waals surface area contributed by atoms with Gasteiger partial charge in [-0.25, -0.2) is 4.98 Å². The average molecular weight is 373 g/mol. The van der Waals surface area contributed by atoms with Crippen molar-refractivity contribution in [3.05, 3.63) is 46.1 Å². The van der Waals surface area contributed by atoms with E-state index in [4.69, 9.17) is 16.3 Å². The van der Waals surface area contributed by atoms with Gasteiger partial charge in [0.15, 0.2) is 11.5 Å². The molecule has 7 heteroatoms. The molecule has 0 radical (unpaired) electrons. The summed E-state index contributed by atoms with van der Waals surface area (Å²) in [6.45, 7) is 3.73. The Morgan fingerprint density at radius 3 is 2.69 bits per heavy atom. The van der Waals surface area contributed by atoms with Gasteiger partial charge in [0.2, 0.25) is 0 Å². The van der Waals surface area contributed by atoms with Gasteiger partial charge in [-0.2, -0.15) is 5.26 Å². The number of pyridine rings is 1. The van der Waals surface area contributed by atoms with Crippen LogP contribution in [0.5, 0.6) is 5.75 Å². The summed E-state index contributed by atoms with van der Waals surface area (Å²) in [6.07, 6.45) is -0.307. The van der Waals surface area contributed by atoms with Crippen LogP contribution in [0.2, 0.25) is 5.02 Å². The topological polar surface area (TPSA) is 100 Å². The highest BCUT2D eigenvalue weighted by Gasteiger charge is 2.20. The predicted octanol–water partition coefficient (Wildman–Crippen LogP) is 3.81. The van der Waals surface area contributed by atoms with Crippen LogP contribution in [0.15, 0.2) is 24.3 Å². The molecule has 2 aromatic rings. The molecule has 1 aromatic carbocycles. The Bertz CT molecular complexity index is 903. The highest BCUT2D eigenvalue weighted by molar-refractivity contribution is 6.30. The van der Waals surface area contributed by atoms with Crippen molar-refractivity contribution >= 4 is 23.4 Å². The fourth-order valence-electron chi connectivity index (χ4n) is 2.39. The number of aromatic hydroxyl groups is 1. The summed E-state index contributed by atoms with van der Waals surface area (Å²) in [5, 5.41) is 19.9. The first kappa shape index (κ1) is 19.4. The molecule has 6 nitrogen and oxygen atoms in total. The number of ether oxygens (including phenoxy) is 1. The normalized spacial score (nSPS) is 10.2. The third kappa shape index (κ3) is 4.38. The molecule has 0 aliphatic carbocycles. The van der Waals surface area contributed by atoms with Crippen molar-refractivity contribution < 1.29 is 19.4 Å². The first-order valence-corrected chi connectivity index (χ1v) is 8.34. The van der Waals surface area contributed by atoms with E-state index < -0.39 is 17.5 Å². The van der Waals surface area contributed by atoms with Gasteiger partial charge in [-0.1, -0.05) is 17.7 Å². The van der Waals surface area contributed by atoms with Crippen molar-refractivity contribution in [1.82, 2.24) is 4.98 Å². The molecular formula is C19H17ClN2O4. The lowest BCUT2D eigenvalue weighted by Gasteiger charge is -2.10. The quantitative estimate of drug-likeness (QED) is 0.611. The van der Waals surface area contributed by atoms with E-state index in [-0.39, 0.29) is 30.7 Å². The molecule has 0 bridgehead atoms. The summed E-state index contributed by atoms with van der Waals surface area (Å²) in [5.74, 6) is -1.55. The Labute approximate surface area is 156 Å². The summed E-state index contributed by atoms with van der Waals surface area (Å²) in [7, 11) is 0. The molecule has 1 N–H and O–H groups in total. The molecule has 0 spiro atoms. The van der Waals surface area contributed by atoms with Gasteiger partial charge in [0.05, 0.1) is 24.3 Å². The standard InChI is InChI=1S/C19H17ClN2O4/c1-3-26-17(24)7-6-16(23)18-19(25)12(10-21)8-15(22-18)14-9-13(20)5-4-11(14)2/h4-5,8-9,25H,3,6-7H2,1-2H3. The molecule has 0 fully saturated rings. The molecule has 0 aliphatic heterocycles. The number of ketones is 1. The first-order valence-electron chi connectivity index (χ1n) is 7.96. The van der Waals surface area contributed by atoms with Crippen molar-refractivity contribution in [1.29, 1.82) is 5.26 Å². The lowest BCUT2D eigenvalue weighted by molar-refractivity contribution is -0.143. The van der Waals surface area contributed by atoms with E-state index in [1.807, 2.05) is 13.0 Å². The zero-order valence-electron chi connectivity index (χ0n) is 14.4. The van der Waals surface area contributed by atoms with Crippen LogP contribution in [-0.4, -0.2) is 28.4 Å². The fourth-order valence-corrected chi connectivity index (χ4v) is 2.57. The number of rotatable bonds is 6. The van der Waals surface area contributed by atoms with E-state index >= 15 is 0 Å². The number of hydrogen-bond donors (Lipinski definition) is 1. The second kappa shape index (κ2) is 8.45. The molecule has 0 atom stereocenters. The number of carbonyl (C=O) groups excluding carboxylic acids is 2. The van der Waals surface area contributed by atoms with Crippen LogP contribution >= 0.6 is 11.6 Å². The number of aromatic nitrogens is 1. The Morgan fingerprint density at radius 1 is 1.31 bits per heavy atom. The largest absolute Gasteiger partial charge is 0.504 e. The van der Waals surface area contributed by atoms with Crippen LogP contribution in [0.3, 0.4) is 0 Å². The van der Waals surface area contributed by atoms with E-state index in [9.17, 15) is 20.0 Å². The van der Waals surface area contributed by atoms with Gasteiger partial charge in [0.1, 0.15) is 11.8 Å². The molecule has 0 amide bonds. The fraction of sp³-hybridized carbons (Fsp3) is 0.263. The smallest absolute Gasteiger partial charge is 0.306 e. The van der Waals surface area contributed by atoms with Crippen LogP contribution in [-0.2, 0) is 9.53 Å². The van der Waals surface area contributed by atoms with Gasteiger partial charge < -0.3 is 9.84 Å². The third-order valence-corrected chi connectivity index (χ3v) is 3.95. The minimum absolute atomic E-state index is 0.0751. The number of halogens is 1. The van der Waals surface area contributed by atoms with E-state index in [2.05, 4.69) is 4.98 Å². The van der Waals surface area contributed by atoms with Gasteiger partial charge in [-0.15, -0.1) is 0 Å². The maximum absolute atomic E-state index is 12.4. The molecule has 2 rings (SSSR count). The van der Waals surface area contributed by atoms with Gasteiger partial charge in [-0.3, -0.25) is 9.59 Å². The maximum Gasteiger partial charge on any atom is 0.306 e. The molecule has 1 aromatic heterocycles. The first-order chi connectivity index (χ1) is 12.4. The van der Waals surface area contributed by atoms with Crippen LogP contribution in [0.1, 0.15) is 41.4 Å². The highest BCUT2D eigenvalue weighted by Crippen LogP contribution is 2.31. The van der Waals surface area contributed by atoms with Crippen LogP contribution in [0.25, 0.3) is 11.3 Å². The summed E-state index contributed by atoms with van der Waals surface area (Å²) in [6, 6.07) is 8.43. The Hall–Kier alpha value is -2.91. The van der Waals surface area contributed by atoms with Crippen molar-refractivity contribution in [2.45, 2.75) is 26.7 Å². The Morgan fingerprint density at radius 2 is 2.04 bits per heavy atom. The van der Waals surface area contributed by atoms with Crippen molar-refractivity contribution in [2.75, 3.05) is 6.61 Å². The number of benzene rings is 1. The van der Waals surface area contributed by atoms with E-state index in [0.717, 1.165) is 5.56 Å². The third-order valence-electron chi connectivity index (χ3n) is 3.71. The lowest BCUT2D eigenvalue weighted by atomic mass is 10.0. The SMILES string of the molecule is CCOC(=O)CCC(=O)c1nc(-c2cc(Cl)ccc2C)cc(C#N)c1O. The molecule has 1 heterocycles. The van der Waals surface area contributed by atoms with Crippen LogP contribution in [0, 0.1) is 18.3 Å². The number of aryl methyl sites for hydroxylation is 1. The Kier molecular flexibility index (Phi) is 6.31. The van der Waals surface area contributed by atoms with Crippen molar-refractivity contribution in [3.63, 3.8) is 0 Å². The van der Waals surface area contributed by atoms with Gasteiger partial charge in [0, 0.05) is 17.0 Å². The van der Waals surface area contributed by atoms with E-state index in [1.165, 1.54) is 6.07 Å². The number of esters is 1. The van der Waals surface area contributed by atoms with Crippen LogP contribution < -0.4 is 0 Å². The second-order valence-electron chi connectivity index (χ2n) is 5.55. The van der Waals surface area contributed by atoms with Crippen molar-refractivity contribution in [2.24, 2.45) is 0 Å². The molecule has 0 aliphatic rings. The lowest BCUT2D eigenvalue weighted by Crippen LogP contribution is -2.10. The van der Waals surface area contributed by atoms with Crippen molar-refractivity contribution in [3.8, 4) is 23.1 Å². The minimum Gasteiger partial charge on any atom is -0.504 e. The van der Waals surface area contributed by atoms with E-state index in [0.29, 0.717) is 16.3 Å². The molecule has 26 heavy (non-hydrogen) atoms. The molecular weight excluding hydrogens is 356 g/mol. The van der Waals surface area contributed by atoms with Gasteiger partial charge in [0.25, 0.3) is 0 Å². The average Bonchev–Trinajstić information content (AvgIpc) is 2.62. The number of carbonyl (C=O) groups is 2. The molecule has 0 unspecified atom stereocenters. The predicted molar refractivity (Wildman–Crippen MR) is 96.0 cm³/mol. The zero-order chi connectivity index (χ0) is 19.3. The monoisotopic (exact) mass is 372 g/mol. The van der Waals surface area contributed by atoms with E-state index in [1.54, 1.807) is 25.1 Å². The summed E-state index contributed by atoms with van der Waals surface area (Å²) in [5.41, 5.74) is 1.52. The summed E-state index contributed by atoms with van der Waals surface area (Å²) >= 11 is 6.03. The van der Waals surface area contributed by atoms with Gasteiger partial charge >= 0.3 is 5.97 Å². The van der Waals surface area contributed by atoms with Crippen LogP contribution in [0.4, 0.5) is 0 Å². The second-order valence-corrected chi connectivity index (χ2v) is 5.99. The number of nitrogens with zero attached hydrogens (tertiary/aromatic N) is 2. The molecule has 0 saturated carbocycles. The molecule has 134 valence electrons. The number of hydrogen-bond acceptors (Lipinski definition) is 6. The summed E-state index contributed by atoms with van der Waals surface area (Å²) < 4.78 is 4.78. The number of Topliss-reactive ketones (excluding diaryl/α,β-unsaturated/α-hetero) is 1. The van der Waals surface area contributed by atoms with Gasteiger partial charge in [-0.05, 0) is 37.6 Å². The maximum atomic E-state index is 12.4.